The number of anilines is 2. The van der Waals surface area contributed by atoms with Crippen molar-refractivity contribution < 1.29 is 12.8 Å². The number of aromatic amines is 1. The molecule has 29 heavy (non-hydrogen) atoms. The van der Waals surface area contributed by atoms with Crippen molar-refractivity contribution in [1.82, 2.24) is 19.9 Å². The highest BCUT2D eigenvalue weighted by Gasteiger charge is 2.30. The zero-order valence-corrected chi connectivity index (χ0v) is 16.6. The van der Waals surface area contributed by atoms with Crippen molar-refractivity contribution >= 4 is 21.7 Å². The van der Waals surface area contributed by atoms with Crippen molar-refractivity contribution in [3.05, 3.63) is 42.1 Å². The van der Waals surface area contributed by atoms with Crippen molar-refractivity contribution in [3.8, 4) is 22.6 Å². The lowest BCUT2D eigenvalue weighted by atomic mass is 10.1. The lowest BCUT2D eigenvalue weighted by molar-refractivity contribution is 0.597. The minimum atomic E-state index is -3.63. The number of nitrogens with zero attached hydrogens (tertiary/aromatic N) is 3. The highest BCUT2D eigenvalue weighted by atomic mass is 32.2. The Labute approximate surface area is 167 Å². The van der Waals surface area contributed by atoms with Gasteiger partial charge in [-0.1, -0.05) is 13.0 Å². The maximum atomic E-state index is 15.3. The van der Waals surface area contributed by atoms with E-state index in [1.807, 2.05) is 0 Å². The van der Waals surface area contributed by atoms with E-state index >= 15 is 4.39 Å². The zero-order chi connectivity index (χ0) is 20.6. The number of rotatable bonds is 7. The van der Waals surface area contributed by atoms with E-state index in [9.17, 15) is 8.42 Å². The third kappa shape index (κ3) is 4.07. The molecule has 0 spiro atoms. The molecule has 2 heterocycles. The van der Waals surface area contributed by atoms with Crippen LogP contribution in [0.25, 0.3) is 22.6 Å². The molecule has 0 aliphatic heterocycles. The summed E-state index contributed by atoms with van der Waals surface area (Å²) in [7, 11) is -3.63. The number of sulfonamides is 1. The fraction of sp³-hybridized carbons (Fsp3) is 0.316. The normalized spacial score (nSPS) is 14.1. The predicted molar refractivity (Wildman–Crippen MR) is 109 cm³/mol. The van der Waals surface area contributed by atoms with E-state index in [2.05, 4.69) is 24.7 Å². The second kappa shape index (κ2) is 7.43. The maximum Gasteiger partial charge on any atom is 0.232 e. The van der Waals surface area contributed by atoms with Gasteiger partial charge in [0.15, 0.2) is 5.82 Å². The molecular formula is C19H21FN6O2S. The van der Waals surface area contributed by atoms with Gasteiger partial charge in [0.25, 0.3) is 0 Å². The molecule has 1 fully saturated rings. The Hall–Kier alpha value is -3.01. The molecule has 0 unspecified atom stereocenters. The number of hydrogen-bond acceptors (Lipinski definition) is 6. The van der Waals surface area contributed by atoms with Gasteiger partial charge >= 0.3 is 0 Å². The fourth-order valence-electron chi connectivity index (χ4n) is 3.12. The van der Waals surface area contributed by atoms with Crippen molar-refractivity contribution in [2.75, 3.05) is 16.2 Å². The molecule has 0 radical (unpaired) electrons. The summed E-state index contributed by atoms with van der Waals surface area (Å²) in [4.78, 5) is 16.0. The monoisotopic (exact) mass is 416 g/mol. The molecule has 0 atom stereocenters. The molecular weight excluding hydrogens is 395 g/mol. The second-order valence-electron chi connectivity index (χ2n) is 7.01. The van der Waals surface area contributed by atoms with Gasteiger partial charge < -0.3 is 10.7 Å². The van der Waals surface area contributed by atoms with Crippen LogP contribution in [0.5, 0.6) is 0 Å². The van der Waals surface area contributed by atoms with Gasteiger partial charge in [0.05, 0.1) is 22.8 Å². The first-order valence-corrected chi connectivity index (χ1v) is 11.0. The van der Waals surface area contributed by atoms with Crippen LogP contribution in [-0.4, -0.2) is 34.1 Å². The molecule has 8 nitrogen and oxygen atoms in total. The smallest absolute Gasteiger partial charge is 0.232 e. The molecule has 0 bridgehead atoms. The van der Waals surface area contributed by atoms with Crippen LogP contribution in [0, 0.1) is 5.82 Å². The largest absolute Gasteiger partial charge is 0.368 e. The topological polar surface area (TPSA) is 127 Å². The maximum absolute atomic E-state index is 15.3. The Balaban J connectivity index is 1.81. The number of aromatic nitrogens is 4. The van der Waals surface area contributed by atoms with Gasteiger partial charge in [-0.3, -0.25) is 4.72 Å². The van der Waals surface area contributed by atoms with Crippen molar-refractivity contribution in [1.29, 1.82) is 0 Å². The SMILES string of the molecule is CCCS(=O)(=O)Nc1cccc(-c2nc(C3CC3)[nH]c2-c2ccnc(N)n2)c1F. The molecule has 4 N–H and O–H groups in total. The summed E-state index contributed by atoms with van der Waals surface area (Å²) in [6, 6.07) is 6.21. The van der Waals surface area contributed by atoms with Gasteiger partial charge in [-0.2, -0.15) is 0 Å². The van der Waals surface area contributed by atoms with Crippen molar-refractivity contribution in [3.63, 3.8) is 0 Å². The average Bonchev–Trinajstić information content (AvgIpc) is 3.42. The molecule has 0 amide bonds. The molecule has 1 aromatic carbocycles. The number of hydrogen-bond donors (Lipinski definition) is 3. The number of H-pyrrole nitrogens is 1. The number of benzene rings is 1. The number of nitrogens with one attached hydrogen (secondary N) is 2. The third-order valence-electron chi connectivity index (χ3n) is 4.61. The van der Waals surface area contributed by atoms with Crippen LogP contribution in [0.15, 0.2) is 30.5 Å². The van der Waals surface area contributed by atoms with Crippen LogP contribution in [0.2, 0.25) is 0 Å². The van der Waals surface area contributed by atoms with Gasteiger partial charge in [-0.05, 0) is 37.5 Å². The average molecular weight is 416 g/mol. The minimum absolute atomic E-state index is 0.0869. The Morgan fingerprint density at radius 1 is 1.28 bits per heavy atom. The van der Waals surface area contributed by atoms with Gasteiger partial charge in [-0.15, -0.1) is 0 Å². The summed E-state index contributed by atoms with van der Waals surface area (Å²) in [6.45, 7) is 1.74. The summed E-state index contributed by atoms with van der Waals surface area (Å²) >= 11 is 0. The minimum Gasteiger partial charge on any atom is -0.368 e. The molecule has 3 aromatic rings. The van der Waals surface area contributed by atoms with Crippen molar-refractivity contribution in [2.45, 2.75) is 32.1 Å². The van der Waals surface area contributed by atoms with E-state index in [-0.39, 0.29) is 23.0 Å². The molecule has 1 aliphatic carbocycles. The fourth-order valence-corrected chi connectivity index (χ4v) is 4.25. The van der Waals surface area contributed by atoms with E-state index in [0.29, 0.717) is 29.4 Å². The first-order valence-electron chi connectivity index (χ1n) is 9.36. The highest BCUT2D eigenvalue weighted by molar-refractivity contribution is 7.92. The lowest BCUT2D eigenvalue weighted by Crippen LogP contribution is -2.17. The standard InChI is InChI=1S/C19H21FN6O2S/c1-2-10-29(27,28)26-13-5-3-4-12(15(13)20)16-17(14-8-9-22-19(21)23-14)25-18(24-16)11-6-7-11/h3-5,8-9,11,26H,2,6-7,10H2,1H3,(H,24,25)(H2,21,22,23). The summed E-state index contributed by atoms with van der Waals surface area (Å²) in [5, 5.41) is 0. The van der Waals surface area contributed by atoms with E-state index in [0.717, 1.165) is 18.7 Å². The summed E-state index contributed by atoms with van der Waals surface area (Å²) in [5.41, 5.74) is 7.15. The van der Waals surface area contributed by atoms with Crippen LogP contribution in [0.1, 0.15) is 37.9 Å². The molecule has 0 saturated heterocycles. The molecule has 10 heteroatoms. The van der Waals surface area contributed by atoms with E-state index in [1.165, 1.54) is 12.3 Å². The molecule has 1 saturated carbocycles. The molecule has 2 aromatic heterocycles. The quantitative estimate of drug-likeness (QED) is 0.542. The third-order valence-corrected chi connectivity index (χ3v) is 6.09. The Morgan fingerprint density at radius 3 is 2.76 bits per heavy atom. The summed E-state index contributed by atoms with van der Waals surface area (Å²) in [6.07, 6.45) is 3.97. The van der Waals surface area contributed by atoms with Crippen LogP contribution < -0.4 is 10.5 Å². The Bertz CT molecular complexity index is 1160. The van der Waals surface area contributed by atoms with E-state index in [1.54, 1.807) is 25.1 Å². The molecule has 1 aliphatic rings. The van der Waals surface area contributed by atoms with Crippen molar-refractivity contribution in [2.24, 2.45) is 0 Å². The first kappa shape index (κ1) is 19.3. The summed E-state index contributed by atoms with van der Waals surface area (Å²) in [5.74, 6) is 0.373. The molecule has 4 rings (SSSR count). The summed E-state index contributed by atoms with van der Waals surface area (Å²) < 4.78 is 41.8. The molecule has 152 valence electrons. The number of halogens is 1. The second-order valence-corrected chi connectivity index (χ2v) is 8.85. The number of nitrogens with two attached hydrogens (primary N) is 1. The van der Waals surface area contributed by atoms with Gasteiger partial charge in [0.1, 0.15) is 11.5 Å². The predicted octanol–water partition coefficient (Wildman–Crippen LogP) is 3.28. The van der Waals surface area contributed by atoms with Gasteiger partial charge in [-0.25, -0.2) is 27.8 Å². The highest BCUT2D eigenvalue weighted by Crippen LogP contribution is 2.42. The first-order chi connectivity index (χ1) is 13.9. The Morgan fingerprint density at radius 2 is 2.07 bits per heavy atom. The lowest BCUT2D eigenvalue weighted by Gasteiger charge is -2.11. The van der Waals surface area contributed by atoms with E-state index < -0.39 is 15.8 Å². The van der Waals surface area contributed by atoms with Gasteiger partial charge in [0, 0.05) is 17.7 Å². The number of nitrogen functional groups attached to an aromatic ring is 1. The van der Waals surface area contributed by atoms with Gasteiger partial charge in [0.2, 0.25) is 16.0 Å². The van der Waals surface area contributed by atoms with Crippen LogP contribution in [0.3, 0.4) is 0 Å². The Kier molecular flexibility index (Phi) is 4.95. The van der Waals surface area contributed by atoms with E-state index in [4.69, 9.17) is 5.73 Å². The zero-order valence-electron chi connectivity index (χ0n) is 15.8. The van der Waals surface area contributed by atoms with Crippen LogP contribution in [-0.2, 0) is 10.0 Å². The van der Waals surface area contributed by atoms with Crippen LogP contribution >= 0.6 is 0 Å². The van der Waals surface area contributed by atoms with Crippen LogP contribution in [0.4, 0.5) is 16.0 Å². The number of imidazole rings is 1.